The fourth-order valence-electron chi connectivity index (χ4n) is 3.42. The summed E-state index contributed by atoms with van der Waals surface area (Å²) in [6, 6.07) is 0. The number of carbonyl (C=O) groups is 1. The fraction of sp³-hybridized carbons (Fsp3) is 0.923. The van der Waals surface area contributed by atoms with E-state index in [9.17, 15) is 4.79 Å². The van der Waals surface area contributed by atoms with Gasteiger partial charge in [0.1, 0.15) is 5.78 Å². The average molecular weight is 223 g/mol. The summed E-state index contributed by atoms with van der Waals surface area (Å²) in [4.78, 5) is 12.3. The van der Waals surface area contributed by atoms with Crippen LogP contribution in [0.3, 0.4) is 0 Å². The van der Waals surface area contributed by atoms with E-state index in [-0.39, 0.29) is 5.60 Å². The summed E-state index contributed by atoms with van der Waals surface area (Å²) in [5, 5.41) is 3.29. The lowest BCUT2D eigenvalue weighted by atomic mass is 9.70. The molecule has 3 fully saturated rings. The molecule has 1 saturated carbocycles. The Morgan fingerprint density at radius 3 is 2.75 bits per heavy atom. The average Bonchev–Trinajstić information content (AvgIpc) is 2.79. The molecule has 16 heavy (non-hydrogen) atoms. The van der Waals surface area contributed by atoms with Crippen molar-refractivity contribution >= 4 is 5.78 Å². The van der Waals surface area contributed by atoms with Crippen molar-refractivity contribution in [3.8, 4) is 0 Å². The molecule has 0 radical (unpaired) electrons. The monoisotopic (exact) mass is 223 g/mol. The molecule has 3 heteroatoms. The standard InChI is InChI=1S/C13H21NO2/c15-12(11-2-6-14-9-11)10-3-7-16-13(8-10)4-1-5-13/h10-11,14H,1-9H2. The third-order valence-electron chi connectivity index (χ3n) is 4.62. The molecule has 3 rings (SSSR count). The molecule has 1 N–H and O–H groups in total. The third kappa shape index (κ3) is 1.80. The second-order valence-electron chi connectivity index (χ2n) is 5.67. The third-order valence-corrected chi connectivity index (χ3v) is 4.62. The molecule has 1 spiro atoms. The number of ketones is 1. The summed E-state index contributed by atoms with van der Waals surface area (Å²) < 4.78 is 5.88. The van der Waals surface area contributed by atoms with Crippen LogP contribution in [0.2, 0.25) is 0 Å². The summed E-state index contributed by atoms with van der Waals surface area (Å²) in [7, 11) is 0. The van der Waals surface area contributed by atoms with E-state index in [0.717, 1.165) is 39.0 Å². The van der Waals surface area contributed by atoms with Crippen LogP contribution in [0.1, 0.15) is 38.5 Å². The molecular formula is C13H21NO2. The molecular weight excluding hydrogens is 202 g/mol. The minimum absolute atomic E-state index is 0.116. The summed E-state index contributed by atoms with van der Waals surface area (Å²) in [5.41, 5.74) is 0.116. The molecule has 0 aromatic carbocycles. The van der Waals surface area contributed by atoms with Gasteiger partial charge in [-0.1, -0.05) is 0 Å². The van der Waals surface area contributed by atoms with Crippen molar-refractivity contribution in [1.29, 1.82) is 0 Å². The van der Waals surface area contributed by atoms with Crippen LogP contribution >= 0.6 is 0 Å². The van der Waals surface area contributed by atoms with Crippen molar-refractivity contribution in [2.24, 2.45) is 11.8 Å². The summed E-state index contributed by atoms with van der Waals surface area (Å²) in [6.45, 7) is 2.73. The van der Waals surface area contributed by atoms with E-state index in [4.69, 9.17) is 4.74 Å². The van der Waals surface area contributed by atoms with Gasteiger partial charge >= 0.3 is 0 Å². The molecule has 0 bridgehead atoms. The van der Waals surface area contributed by atoms with Gasteiger partial charge in [0, 0.05) is 25.0 Å². The molecule has 1 aliphatic carbocycles. The molecule has 2 saturated heterocycles. The number of hydrogen-bond acceptors (Lipinski definition) is 3. The number of carbonyl (C=O) groups excluding carboxylic acids is 1. The van der Waals surface area contributed by atoms with Gasteiger partial charge in [0.2, 0.25) is 0 Å². The molecule has 0 amide bonds. The number of Topliss-reactive ketones (excluding diaryl/α,β-unsaturated/α-hetero) is 1. The zero-order chi connectivity index (χ0) is 11.0. The van der Waals surface area contributed by atoms with Crippen LogP contribution in [-0.4, -0.2) is 31.1 Å². The van der Waals surface area contributed by atoms with Gasteiger partial charge in [-0.25, -0.2) is 0 Å². The topological polar surface area (TPSA) is 38.3 Å². The van der Waals surface area contributed by atoms with E-state index >= 15 is 0 Å². The van der Waals surface area contributed by atoms with Gasteiger partial charge in [0.15, 0.2) is 0 Å². The normalized spacial score (nSPS) is 37.2. The summed E-state index contributed by atoms with van der Waals surface area (Å²) >= 11 is 0. The highest BCUT2D eigenvalue weighted by Crippen LogP contribution is 2.45. The minimum atomic E-state index is 0.116. The van der Waals surface area contributed by atoms with Crippen molar-refractivity contribution in [3.05, 3.63) is 0 Å². The Kier molecular flexibility index (Phi) is 2.76. The quantitative estimate of drug-likeness (QED) is 0.771. The number of hydrogen-bond donors (Lipinski definition) is 1. The van der Waals surface area contributed by atoms with Crippen molar-refractivity contribution in [3.63, 3.8) is 0 Å². The van der Waals surface area contributed by atoms with Gasteiger partial charge in [-0.15, -0.1) is 0 Å². The van der Waals surface area contributed by atoms with Gasteiger partial charge in [0.05, 0.1) is 5.60 Å². The predicted octanol–water partition coefficient (Wildman–Crippen LogP) is 1.51. The van der Waals surface area contributed by atoms with E-state index < -0.39 is 0 Å². The first-order valence-corrected chi connectivity index (χ1v) is 6.68. The molecule has 3 aliphatic rings. The van der Waals surface area contributed by atoms with E-state index in [1.165, 1.54) is 19.3 Å². The zero-order valence-corrected chi connectivity index (χ0v) is 9.84. The summed E-state index contributed by atoms with van der Waals surface area (Å²) in [6.07, 6.45) is 6.65. The van der Waals surface area contributed by atoms with Crippen molar-refractivity contribution in [2.45, 2.75) is 44.1 Å². The van der Waals surface area contributed by atoms with E-state index in [1.54, 1.807) is 0 Å². The van der Waals surface area contributed by atoms with Crippen LogP contribution in [0.25, 0.3) is 0 Å². The van der Waals surface area contributed by atoms with Gasteiger partial charge in [0.25, 0.3) is 0 Å². The molecule has 2 aliphatic heterocycles. The molecule has 0 aromatic rings. The predicted molar refractivity (Wildman–Crippen MR) is 61.2 cm³/mol. The highest BCUT2D eigenvalue weighted by molar-refractivity contribution is 5.84. The van der Waals surface area contributed by atoms with Crippen molar-refractivity contribution < 1.29 is 9.53 Å². The molecule has 0 aromatic heterocycles. The van der Waals surface area contributed by atoms with E-state index in [1.807, 2.05) is 0 Å². The number of rotatable bonds is 2. The molecule has 2 atom stereocenters. The van der Waals surface area contributed by atoms with Crippen LogP contribution in [0.15, 0.2) is 0 Å². The molecule has 2 unspecified atom stereocenters. The number of ether oxygens (including phenoxy) is 1. The first-order valence-electron chi connectivity index (χ1n) is 6.68. The Morgan fingerprint density at radius 2 is 2.12 bits per heavy atom. The van der Waals surface area contributed by atoms with Gasteiger partial charge < -0.3 is 10.1 Å². The largest absolute Gasteiger partial charge is 0.375 e. The SMILES string of the molecule is O=C(C1CCNC1)C1CCOC2(CCC2)C1. The van der Waals surface area contributed by atoms with Gasteiger partial charge in [-0.05, 0) is 45.1 Å². The smallest absolute Gasteiger partial charge is 0.140 e. The van der Waals surface area contributed by atoms with Crippen LogP contribution in [0, 0.1) is 11.8 Å². The van der Waals surface area contributed by atoms with Gasteiger partial charge in [-0.3, -0.25) is 4.79 Å². The zero-order valence-electron chi connectivity index (χ0n) is 9.84. The Balaban J connectivity index is 1.63. The highest BCUT2D eigenvalue weighted by atomic mass is 16.5. The Hall–Kier alpha value is -0.410. The van der Waals surface area contributed by atoms with Crippen LogP contribution < -0.4 is 5.32 Å². The van der Waals surface area contributed by atoms with Crippen LogP contribution in [0.4, 0.5) is 0 Å². The minimum Gasteiger partial charge on any atom is -0.375 e. The maximum absolute atomic E-state index is 12.3. The lowest BCUT2D eigenvalue weighted by molar-refractivity contribution is -0.157. The van der Waals surface area contributed by atoms with Crippen molar-refractivity contribution in [2.75, 3.05) is 19.7 Å². The Labute approximate surface area is 96.9 Å². The Morgan fingerprint density at radius 1 is 1.25 bits per heavy atom. The van der Waals surface area contributed by atoms with Crippen LogP contribution in [-0.2, 0) is 9.53 Å². The van der Waals surface area contributed by atoms with Gasteiger partial charge in [-0.2, -0.15) is 0 Å². The fourth-order valence-corrected chi connectivity index (χ4v) is 3.42. The maximum Gasteiger partial charge on any atom is 0.140 e. The molecule has 3 nitrogen and oxygen atoms in total. The highest BCUT2D eigenvalue weighted by Gasteiger charge is 2.45. The first-order chi connectivity index (χ1) is 7.79. The maximum atomic E-state index is 12.3. The van der Waals surface area contributed by atoms with E-state index in [2.05, 4.69) is 5.32 Å². The molecule has 2 heterocycles. The molecule has 90 valence electrons. The van der Waals surface area contributed by atoms with E-state index in [0.29, 0.717) is 17.6 Å². The van der Waals surface area contributed by atoms with Crippen molar-refractivity contribution in [1.82, 2.24) is 5.32 Å². The lowest BCUT2D eigenvalue weighted by Crippen LogP contribution is -2.47. The second kappa shape index (κ2) is 4.11. The Bertz CT molecular complexity index is 280. The van der Waals surface area contributed by atoms with Crippen LogP contribution in [0.5, 0.6) is 0 Å². The summed E-state index contributed by atoms with van der Waals surface area (Å²) in [5.74, 6) is 1.10. The first kappa shape index (κ1) is 10.7. The second-order valence-corrected chi connectivity index (χ2v) is 5.67. The lowest BCUT2D eigenvalue weighted by Gasteiger charge is -2.47. The number of nitrogens with one attached hydrogen (secondary N) is 1.